The first-order valence-corrected chi connectivity index (χ1v) is 6.76. The second-order valence-corrected chi connectivity index (χ2v) is 5.21. The van der Waals surface area contributed by atoms with Gasteiger partial charge in [-0.25, -0.2) is 9.78 Å². The van der Waals surface area contributed by atoms with Crippen LogP contribution in [0.1, 0.15) is 10.4 Å². The van der Waals surface area contributed by atoms with Crippen molar-refractivity contribution < 1.29 is 9.90 Å². The molecule has 2 heterocycles. The second kappa shape index (κ2) is 5.30. The van der Waals surface area contributed by atoms with Crippen molar-refractivity contribution in [3.63, 3.8) is 0 Å². The van der Waals surface area contributed by atoms with Gasteiger partial charge in [0.2, 0.25) is 0 Å². The van der Waals surface area contributed by atoms with Gasteiger partial charge < -0.3 is 5.11 Å². The number of fused-ring (bicyclic) bond motifs is 1. The maximum absolute atomic E-state index is 11.4. The number of nitrogens with zero attached hydrogens (tertiary/aromatic N) is 2. The number of aromatic nitrogens is 2. The zero-order chi connectivity index (χ0) is 13.9. The molecule has 3 rings (SSSR count). The van der Waals surface area contributed by atoms with Crippen molar-refractivity contribution in [2.75, 3.05) is 0 Å². The van der Waals surface area contributed by atoms with Crippen LogP contribution < -0.4 is 0 Å². The normalized spacial score (nSPS) is 10.6. The van der Waals surface area contributed by atoms with E-state index < -0.39 is 5.97 Å². The molecule has 0 aliphatic carbocycles. The lowest BCUT2D eigenvalue weighted by atomic mass is 10.1. The summed E-state index contributed by atoms with van der Waals surface area (Å²) in [5, 5.41) is 10.6. The van der Waals surface area contributed by atoms with E-state index in [0.29, 0.717) is 15.9 Å². The van der Waals surface area contributed by atoms with E-state index in [0.717, 1.165) is 4.90 Å². The van der Waals surface area contributed by atoms with Crippen molar-refractivity contribution in [2.45, 2.75) is 9.92 Å². The molecule has 0 amide bonds. The SMILES string of the molecule is O=C(O)c1cc(Sc2ccncc2)nc2ccccc12. The Morgan fingerprint density at radius 1 is 1.10 bits per heavy atom. The van der Waals surface area contributed by atoms with Gasteiger partial charge in [0.05, 0.1) is 11.1 Å². The Morgan fingerprint density at radius 3 is 2.60 bits per heavy atom. The molecular weight excluding hydrogens is 272 g/mol. The maximum Gasteiger partial charge on any atom is 0.336 e. The molecule has 0 saturated carbocycles. The fraction of sp³-hybridized carbons (Fsp3) is 0. The van der Waals surface area contributed by atoms with E-state index in [4.69, 9.17) is 0 Å². The van der Waals surface area contributed by atoms with Gasteiger partial charge in [-0.15, -0.1) is 0 Å². The molecule has 4 nitrogen and oxygen atoms in total. The Morgan fingerprint density at radius 2 is 1.85 bits per heavy atom. The van der Waals surface area contributed by atoms with Crippen LogP contribution >= 0.6 is 11.8 Å². The molecule has 3 aromatic rings. The van der Waals surface area contributed by atoms with Crippen molar-refractivity contribution in [3.05, 3.63) is 60.4 Å². The van der Waals surface area contributed by atoms with Gasteiger partial charge in [-0.2, -0.15) is 0 Å². The smallest absolute Gasteiger partial charge is 0.336 e. The number of carboxylic acid groups (broad SMARTS) is 1. The van der Waals surface area contributed by atoms with E-state index in [1.165, 1.54) is 11.8 Å². The van der Waals surface area contributed by atoms with Gasteiger partial charge in [-0.1, -0.05) is 30.0 Å². The van der Waals surface area contributed by atoms with Crippen LogP contribution in [0.5, 0.6) is 0 Å². The molecule has 0 aliphatic heterocycles. The van der Waals surface area contributed by atoms with Gasteiger partial charge in [-0.05, 0) is 24.3 Å². The summed E-state index contributed by atoms with van der Waals surface area (Å²) < 4.78 is 0. The van der Waals surface area contributed by atoms with Crippen molar-refractivity contribution in [1.82, 2.24) is 9.97 Å². The zero-order valence-electron chi connectivity index (χ0n) is 10.4. The molecule has 98 valence electrons. The quantitative estimate of drug-likeness (QED) is 0.796. The number of pyridine rings is 2. The average Bonchev–Trinajstić information content (AvgIpc) is 2.47. The third kappa shape index (κ3) is 2.48. The average molecular weight is 282 g/mol. The highest BCUT2D eigenvalue weighted by molar-refractivity contribution is 7.99. The van der Waals surface area contributed by atoms with Crippen molar-refractivity contribution in [3.8, 4) is 0 Å². The summed E-state index contributed by atoms with van der Waals surface area (Å²) in [7, 11) is 0. The van der Waals surface area contributed by atoms with Crippen LogP contribution in [0.4, 0.5) is 0 Å². The number of benzene rings is 1. The molecular formula is C15H10N2O2S. The highest BCUT2D eigenvalue weighted by Crippen LogP contribution is 2.29. The Labute approximate surface area is 119 Å². The molecule has 1 N–H and O–H groups in total. The topological polar surface area (TPSA) is 63.1 Å². The lowest BCUT2D eigenvalue weighted by Crippen LogP contribution is -1.99. The molecule has 1 aromatic carbocycles. The maximum atomic E-state index is 11.4. The molecule has 0 atom stereocenters. The number of carbonyl (C=O) groups is 1. The van der Waals surface area contributed by atoms with E-state index in [1.807, 2.05) is 30.3 Å². The van der Waals surface area contributed by atoms with Crippen LogP contribution in [0.3, 0.4) is 0 Å². The molecule has 0 unspecified atom stereocenters. The van der Waals surface area contributed by atoms with Gasteiger partial charge >= 0.3 is 5.97 Å². The van der Waals surface area contributed by atoms with Gasteiger partial charge in [0.1, 0.15) is 5.03 Å². The number of para-hydroxylation sites is 1. The second-order valence-electron chi connectivity index (χ2n) is 4.12. The summed E-state index contributed by atoms with van der Waals surface area (Å²) in [6.45, 7) is 0. The molecule has 0 spiro atoms. The summed E-state index contributed by atoms with van der Waals surface area (Å²) in [6, 6.07) is 12.6. The highest BCUT2D eigenvalue weighted by atomic mass is 32.2. The fourth-order valence-corrected chi connectivity index (χ4v) is 2.73. The lowest BCUT2D eigenvalue weighted by Gasteiger charge is -2.06. The van der Waals surface area contributed by atoms with Crippen LogP contribution in [0.2, 0.25) is 0 Å². The molecule has 0 bridgehead atoms. The van der Waals surface area contributed by atoms with E-state index in [9.17, 15) is 9.90 Å². The highest BCUT2D eigenvalue weighted by Gasteiger charge is 2.12. The third-order valence-corrected chi connectivity index (χ3v) is 3.72. The summed E-state index contributed by atoms with van der Waals surface area (Å²) in [4.78, 5) is 20.8. The minimum atomic E-state index is -0.944. The third-order valence-electron chi connectivity index (χ3n) is 2.80. The van der Waals surface area contributed by atoms with Crippen LogP contribution in [0.15, 0.2) is 64.8 Å². The molecule has 20 heavy (non-hydrogen) atoms. The van der Waals surface area contributed by atoms with E-state index >= 15 is 0 Å². The van der Waals surface area contributed by atoms with Gasteiger partial charge in [0.25, 0.3) is 0 Å². The Hall–Kier alpha value is -2.40. The van der Waals surface area contributed by atoms with Gasteiger partial charge in [0, 0.05) is 22.7 Å². The van der Waals surface area contributed by atoms with Crippen LogP contribution in [0.25, 0.3) is 10.9 Å². The fourth-order valence-electron chi connectivity index (χ4n) is 1.91. The number of hydrogen-bond donors (Lipinski definition) is 1. The van der Waals surface area contributed by atoms with Crippen molar-refractivity contribution in [2.24, 2.45) is 0 Å². The van der Waals surface area contributed by atoms with Crippen LogP contribution in [-0.2, 0) is 0 Å². The molecule has 2 aromatic heterocycles. The Bertz CT molecular complexity index is 775. The summed E-state index contributed by atoms with van der Waals surface area (Å²) >= 11 is 1.42. The molecule has 5 heteroatoms. The largest absolute Gasteiger partial charge is 0.478 e. The minimum absolute atomic E-state index is 0.271. The summed E-state index contributed by atoms with van der Waals surface area (Å²) in [6.07, 6.45) is 3.39. The first kappa shape index (κ1) is 12.6. The van der Waals surface area contributed by atoms with E-state index in [-0.39, 0.29) is 5.56 Å². The molecule has 0 fully saturated rings. The summed E-state index contributed by atoms with van der Waals surface area (Å²) in [5.41, 5.74) is 0.955. The number of carboxylic acids is 1. The summed E-state index contributed by atoms with van der Waals surface area (Å²) in [5.74, 6) is -0.944. The molecule has 0 aliphatic rings. The zero-order valence-corrected chi connectivity index (χ0v) is 11.2. The van der Waals surface area contributed by atoms with Gasteiger partial charge in [-0.3, -0.25) is 4.98 Å². The number of hydrogen-bond acceptors (Lipinski definition) is 4. The van der Waals surface area contributed by atoms with E-state index in [2.05, 4.69) is 9.97 Å². The van der Waals surface area contributed by atoms with Crippen molar-refractivity contribution in [1.29, 1.82) is 0 Å². The van der Waals surface area contributed by atoms with Crippen molar-refractivity contribution >= 4 is 28.6 Å². The number of aromatic carboxylic acids is 1. The predicted octanol–water partition coefficient (Wildman–Crippen LogP) is 3.48. The Balaban J connectivity index is 2.10. The van der Waals surface area contributed by atoms with Crippen LogP contribution in [0, 0.1) is 0 Å². The van der Waals surface area contributed by atoms with Crippen LogP contribution in [-0.4, -0.2) is 21.0 Å². The van der Waals surface area contributed by atoms with Gasteiger partial charge in [0.15, 0.2) is 0 Å². The monoisotopic (exact) mass is 282 g/mol. The molecule has 0 saturated heterocycles. The standard InChI is InChI=1S/C15H10N2O2S/c18-15(19)12-9-14(20-10-5-7-16-8-6-10)17-13-4-2-1-3-11(12)13/h1-9H,(H,18,19). The minimum Gasteiger partial charge on any atom is -0.478 e. The predicted molar refractivity (Wildman–Crippen MR) is 77.1 cm³/mol. The Kier molecular flexibility index (Phi) is 3.35. The lowest BCUT2D eigenvalue weighted by molar-refractivity contribution is 0.0698. The first-order chi connectivity index (χ1) is 9.74. The first-order valence-electron chi connectivity index (χ1n) is 5.95. The van der Waals surface area contributed by atoms with E-state index in [1.54, 1.807) is 24.5 Å². The molecule has 0 radical (unpaired) electrons. The number of rotatable bonds is 3.